The Morgan fingerprint density at radius 1 is 0.488 bits per heavy atom. The number of nitrogens with zero attached hydrogens (tertiary/aromatic N) is 4. The quantitative estimate of drug-likeness (QED) is 0.208. The molecule has 10 rings (SSSR count). The van der Waals surface area contributed by atoms with Crippen LogP contribution in [0, 0.1) is 0 Å². The Morgan fingerprint density at radius 3 is 1.72 bits per heavy atom. The number of fused-ring (bicyclic) bond motifs is 10. The van der Waals surface area contributed by atoms with Gasteiger partial charge in [0.2, 0.25) is 0 Å². The van der Waals surface area contributed by atoms with Gasteiger partial charge in [0.25, 0.3) is 0 Å². The third-order valence-electron chi connectivity index (χ3n) is 8.95. The van der Waals surface area contributed by atoms with Crippen molar-refractivity contribution in [3.05, 3.63) is 139 Å². The highest BCUT2D eigenvalue weighted by molar-refractivity contribution is 7.99. The van der Waals surface area contributed by atoms with Crippen LogP contribution in [-0.4, -0.2) is 18.7 Å². The lowest BCUT2D eigenvalue weighted by molar-refractivity contribution is 0.707. The molecule has 3 aromatic heterocycles. The van der Waals surface area contributed by atoms with E-state index in [1.165, 1.54) is 71.0 Å². The fourth-order valence-electron chi connectivity index (χ4n) is 7.04. The summed E-state index contributed by atoms with van der Waals surface area (Å²) in [5, 5.41) is 6.12. The van der Waals surface area contributed by atoms with Crippen LogP contribution < -0.4 is 0 Å². The SMILES string of the molecule is c1ccc2c(c1)nc1n2Cc2ccc(-n3c4ccccc4c4cc(-n5c6ccccc6c6ccccc65)ccc43)cc2S1. The second-order valence-electron chi connectivity index (χ2n) is 11.3. The van der Waals surface area contributed by atoms with Crippen molar-refractivity contribution < 1.29 is 0 Å². The first-order chi connectivity index (χ1) is 21.3. The van der Waals surface area contributed by atoms with Gasteiger partial charge >= 0.3 is 0 Å². The Hall–Kier alpha value is -5.26. The van der Waals surface area contributed by atoms with Gasteiger partial charge in [-0.25, -0.2) is 4.98 Å². The molecule has 6 aromatic carbocycles. The number of aromatic nitrogens is 4. The van der Waals surface area contributed by atoms with Crippen LogP contribution >= 0.6 is 11.8 Å². The van der Waals surface area contributed by atoms with E-state index in [2.05, 4.69) is 147 Å². The van der Waals surface area contributed by atoms with Crippen molar-refractivity contribution in [1.29, 1.82) is 0 Å². The summed E-state index contributed by atoms with van der Waals surface area (Å²) < 4.78 is 7.15. The molecule has 4 nitrogen and oxygen atoms in total. The lowest BCUT2D eigenvalue weighted by atomic mass is 10.1. The molecule has 0 unspecified atom stereocenters. The van der Waals surface area contributed by atoms with Gasteiger partial charge in [0.15, 0.2) is 5.16 Å². The van der Waals surface area contributed by atoms with Crippen LogP contribution in [0.5, 0.6) is 0 Å². The molecular weight excluding hydrogens is 545 g/mol. The minimum Gasteiger partial charge on any atom is -0.314 e. The molecular formula is C38H24N4S. The maximum absolute atomic E-state index is 4.94. The minimum absolute atomic E-state index is 0.841. The maximum Gasteiger partial charge on any atom is 0.174 e. The summed E-state index contributed by atoms with van der Waals surface area (Å²) in [6.07, 6.45) is 0. The molecule has 1 aliphatic heterocycles. The predicted molar refractivity (Wildman–Crippen MR) is 178 cm³/mol. The summed E-state index contributed by atoms with van der Waals surface area (Å²) >= 11 is 1.77. The van der Waals surface area contributed by atoms with Crippen LogP contribution in [0.4, 0.5) is 0 Å². The highest BCUT2D eigenvalue weighted by Gasteiger charge is 2.22. The third-order valence-corrected chi connectivity index (χ3v) is 10.0. The van der Waals surface area contributed by atoms with Gasteiger partial charge in [-0.1, -0.05) is 84.6 Å². The maximum atomic E-state index is 4.94. The summed E-state index contributed by atoms with van der Waals surface area (Å²) in [5.41, 5.74) is 10.8. The van der Waals surface area contributed by atoms with E-state index in [0.29, 0.717) is 0 Å². The van der Waals surface area contributed by atoms with Crippen molar-refractivity contribution in [2.45, 2.75) is 16.6 Å². The van der Waals surface area contributed by atoms with Crippen LogP contribution in [0.2, 0.25) is 0 Å². The average molecular weight is 569 g/mol. The second kappa shape index (κ2) is 8.63. The summed E-state index contributed by atoms with van der Waals surface area (Å²) in [7, 11) is 0. The number of rotatable bonds is 2. The standard InChI is InChI=1S/C38H24N4S/c1-5-13-32-27(9-1)28-10-2-6-14-33(28)41(32)25-19-20-35-30(21-25)29-11-3-7-15-34(29)42(35)26-18-17-24-23-40-36-16-8-4-12-31(36)39-38(40)43-37(24)22-26/h1-22H,23H2. The molecule has 43 heavy (non-hydrogen) atoms. The zero-order valence-corrected chi connectivity index (χ0v) is 23.9. The first kappa shape index (κ1) is 23.3. The van der Waals surface area contributed by atoms with Crippen molar-refractivity contribution in [2.24, 2.45) is 0 Å². The Morgan fingerprint density at radius 2 is 1.02 bits per heavy atom. The topological polar surface area (TPSA) is 27.7 Å². The van der Waals surface area contributed by atoms with E-state index in [1.807, 2.05) is 0 Å². The van der Waals surface area contributed by atoms with Gasteiger partial charge in [-0.15, -0.1) is 0 Å². The zero-order valence-electron chi connectivity index (χ0n) is 23.1. The van der Waals surface area contributed by atoms with E-state index in [9.17, 15) is 0 Å². The number of hydrogen-bond acceptors (Lipinski definition) is 2. The Labute approximate surface area is 251 Å². The molecule has 202 valence electrons. The number of imidazole rings is 1. The van der Waals surface area contributed by atoms with Crippen molar-refractivity contribution in [3.63, 3.8) is 0 Å². The van der Waals surface area contributed by atoms with E-state index in [0.717, 1.165) is 17.2 Å². The largest absolute Gasteiger partial charge is 0.314 e. The average Bonchev–Trinajstić information content (AvgIpc) is 3.70. The fraction of sp³-hybridized carbons (Fsp3) is 0.0263. The van der Waals surface area contributed by atoms with Crippen molar-refractivity contribution in [2.75, 3.05) is 0 Å². The lowest BCUT2D eigenvalue weighted by Crippen LogP contribution is -2.08. The van der Waals surface area contributed by atoms with Crippen molar-refractivity contribution in [3.8, 4) is 11.4 Å². The molecule has 0 amide bonds. The van der Waals surface area contributed by atoms with E-state index in [1.54, 1.807) is 11.8 Å². The molecule has 0 atom stereocenters. The van der Waals surface area contributed by atoms with Gasteiger partial charge in [-0.05, 0) is 66.2 Å². The van der Waals surface area contributed by atoms with E-state index in [4.69, 9.17) is 4.98 Å². The Bertz CT molecular complexity index is 2530. The van der Waals surface area contributed by atoms with Crippen molar-refractivity contribution >= 4 is 66.4 Å². The van der Waals surface area contributed by atoms with Crippen molar-refractivity contribution in [1.82, 2.24) is 18.7 Å². The van der Waals surface area contributed by atoms with Gasteiger partial charge < -0.3 is 13.7 Å². The summed E-state index contributed by atoms with van der Waals surface area (Å²) in [5.74, 6) is 0. The minimum atomic E-state index is 0.841. The highest BCUT2D eigenvalue weighted by atomic mass is 32.2. The number of benzene rings is 6. The third kappa shape index (κ3) is 3.25. The predicted octanol–water partition coefficient (Wildman–Crippen LogP) is 9.74. The molecule has 0 saturated carbocycles. The van der Waals surface area contributed by atoms with E-state index >= 15 is 0 Å². The van der Waals surface area contributed by atoms with Crippen LogP contribution in [-0.2, 0) is 6.54 Å². The molecule has 9 aromatic rings. The van der Waals surface area contributed by atoms with Gasteiger partial charge in [0, 0.05) is 37.8 Å². The van der Waals surface area contributed by atoms with Crippen LogP contribution in [0.3, 0.4) is 0 Å². The van der Waals surface area contributed by atoms with Gasteiger partial charge in [-0.3, -0.25) is 0 Å². The van der Waals surface area contributed by atoms with Crippen LogP contribution in [0.1, 0.15) is 5.56 Å². The van der Waals surface area contributed by atoms with Crippen LogP contribution in [0.15, 0.2) is 144 Å². The molecule has 0 N–H and O–H groups in total. The van der Waals surface area contributed by atoms with Gasteiger partial charge in [0.1, 0.15) is 0 Å². The Balaban J connectivity index is 1.17. The van der Waals surface area contributed by atoms with E-state index < -0.39 is 0 Å². The van der Waals surface area contributed by atoms with Gasteiger partial charge in [-0.2, -0.15) is 0 Å². The summed E-state index contributed by atoms with van der Waals surface area (Å²) in [4.78, 5) is 6.21. The molecule has 0 saturated heterocycles. The molecule has 5 heteroatoms. The van der Waals surface area contributed by atoms with E-state index in [-0.39, 0.29) is 0 Å². The molecule has 0 spiro atoms. The zero-order chi connectivity index (χ0) is 28.1. The summed E-state index contributed by atoms with van der Waals surface area (Å²) in [6, 6.07) is 48.4. The van der Waals surface area contributed by atoms with Gasteiger partial charge in [0.05, 0.1) is 39.6 Å². The highest BCUT2D eigenvalue weighted by Crippen LogP contribution is 2.41. The molecule has 4 heterocycles. The lowest BCUT2D eigenvalue weighted by Gasteiger charge is -2.19. The molecule has 0 aliphatic carbocycles. The number of para-hydroxylation sites is 5. The summed E-state index contributed by atoms with van der Waals surface area (Å²) in [6.45, 7) is 0.841. The first-order valence-corrected chi connectivity index (χ1v) is 15.4. The Kier molecular flexibility index (Phi) is 4.68. The molecule has 1 aliphatic rings. The molecule has 0 fully saturated rings. The normalized spacial score (nSPS) is 12.9. The fourth-order valence-corrected chi connectivity index (χ4v) is 8.10. The van der Waals surface area contributed by atoms with Crippen LogP contribution in [0.25, 0.3) is 66.0 Å². The molecule has 0 bridgehead atoms. The molecule has 0 radical (unpaired) electrons. The first-order valence-electron chi connectivity index (χ1n) is 14.6. The number of hydrogen-bond donors (Lipinski definition) is 0. The second-order valence-corrected chi connectivity index (χ2v) is 12.3. The monoisotopic (exact) mass is 568 g/mol. The smallest absolute Gasteiger partial charge is 0.174 e.